The van der Waals surface area contributed by atoms with E-state index in [0.717, 1.165) is 28.7 Å². The highest BCUT2D eigenvalue weighted by Gasteiger charge is 2.82. The van der Waals surface area contributed by atoms with E-state index in [2.05, 4.69) is 15.5 Å². The van der Waals surface area contributed by atoms with E-state index in [1.54, 1.807) is 12.1 Å². The van der Waals surface area contributed by atoms with Crippen molar-refractivity contribution in [1.82, 2.24) is 20.2 Å². The van der Waals surface area contributed by atoms with Gasteiger partial charge in [-0.15, -0.1) is 5.10 Å². The maximum absolute atomic E-state index is 16.3. The first-order chi connectivity index (χ1) is 17.5. The Kier molecular flexibility index (Phi) is 5.21. The van der Waals surface area contributed by atoms with E-state index < -0.39 is 51.7 Å². The maximum Gasteiger partial charge on any atom is 0.287 e. The summed E-state index contributed by atoms with van der Waals surface area (Å²) in [5.74, 6) is -5.46. The molecule has 1 saturated heterocycles. The van der Waals surface area contributed by atoms with Crippen LogP contribution in [0.2, 0.25) is 0 Å². The zero-order valence-electron chi connectivity index (χ0n) is 19.6. The molecular weight excluding hydrogens is 496 g/mol. The zero-order chi connectivity index (χ0) is 26.1. The number of hydrogen-bond donors (Lipinski definition) is 2. The van der Waals surface area contributed by atoms with Gasteiger partial charge in [-0.25, -0.2) is 22.2 Å². The first kappa shape index (κ1) is 24.3. The fraction of sp³-hybridized carbons (Fsp3) is 0.480. The minimum absolute atomic E-state index is 0.0883. The molecule has 12 heteroatoms. The number of aliphatic hydroxyl groups is 2. The number of tetrazole rings is 1. The van der Waals surface area contributed by atoms with Gasteiger partial charge < -0.3 is 19.7 Å². The van der Waals surface area contributed by atoms with Crippen LogP contribution in [0.15, 0.2) is 48.8 Å². The molecule has 0 amide bonds. The molecule has 4 fully saturated rings. The molecule has 2 aromatic carbocycles. The summed E-state index contributed by atoms with van der Waals surface area (Å²) in [4.78, 5) is 0. The lowest BCUT2D eigenvalue weighted by atomic mass is 9.30. The Labute approximate surface area is 208 Å². The van der Waals surface area contributed by atoms with Gasteiger partial charge in [0.2, 0.25) is 0 Å². The molecule has 2 heterocycles. The summed E-state index contributed by atoms with van der Waals surface area (Å²) < 4.78 is 72.3. The Hall–Kier alpha value is -3.09. The van der Waals surface area contributed by atoms with Crippen LogP contribution in [-0.2, 0) is 22.3 Å². The third kappa shape index (κ3) is 3.57. The summed E-state index contributed by atoms with van der Waals surface area (Å²) in [6, 6.07) is 9.23. The fourth-order valence-corrected chi connectivity index (χ4v) is 6.07. The second-order valence-corrected chi connectivity index (χ2v) is 10.7. The average Bonchev–Trinajstić information content (AvgIpc) is 3.28. The Morgan fingerprint density at radius 3 is 2.32 bits per heavy atom. The van der Waals surface area contributed by atoms with Crippen LogP contribution < -0.4 is 4.74 Å². The quantitative estimate of drug-likeness (QED) is 0.419. The van der Waals surface area contributed by atoms with Gasteiger partial charge in [0.1, 0.15) is 35.9 Å². The van der Waals surface area contributed by atoms with Gasteiger partial charge in [-0.2, -0.15) is 0 Å². The lowest BCUT2D eigenvalue weighted by Gasteiger charge is -2.74. The third-order valence-corrected chi connectivity index (χ3v) is 8.09. The van der Waals surface area contributed by atoms with Gasteiger partial charge in [-0.05, 0) is 64.9 Å². The van der Waals surface area contributed by atoms with Crippen molar-refractivity contribution in [2.45, 2.75) is 48.3 Å². The molecule has 37 heavy (non-hydrogen) atoms. The maximum atomic E-state index is 16.3. The number of ether oxygens (including phenoxy) is 2. The van der Waals surface area contributed by atoms with Crippen molar-refractivity contribution in [3.8, 4) is 5.75 Å². The van der Waals surface area contributed by atoms with Crippen molar-refractivity contribution in [1.29, 1.82) is 0 Å². The van der Waals surface area contributed by atoms with Gasteiger partial charge in [-0.1, -0.05) is 12.1 Å². The van der Waals surface area contributed by atoms with Crippen molar-refractivity contribution in [2.24, 2.45) is 5.41 Å². The lowest BCUT2D eigenvalue weighted by Crippen LogP contribution is -2.76. The zero-order valence-corrected chi connectivity index (χ0v) is 19.6. The van der Waals surface area contributed by atoms with E-state index in [-0.39, 0.29) is 39.1 Å². The van der Waals surface area contributed by atoms with Crippen LogP contribution in [-0.4, -0.2) is 61.8 Å². The van der Waals surface area contributed by atoms with Crippen LogP contribution in [0.1, 0.15) is 30.4 Å². The average molecular weight is 520 g/mol. The normalized spacial score (nSPS) is 27.4. The van der Waals surface area contributed by atoms with Crippen molar-refractivity contribution in [3.63, 3.8) is 0 Å². The van der Waals surface area contributed by atoms with Crippen molar-refractivity contribution < 1.29 is 37.2 Å². The van der Waals surface area contributed by atoms with Crippen molar-refractivity contribution in [3.05, 3.63) is 71.6 Å². The van der Waals surface area contributed by atoms with E-state index >= 15 is 8.78 Å². The van der Waals surface area contributed by atoms with Crippen molar-refractivity contribution >= 4 is 0 Å². The Bertz CT molecular complexity index is 1300. The summed E-state index contributed by atoms with van der Waals surface area (Å²) in [7, 11) is 0. The first-order valence-corrected chi connectivity index (χ1v) is 11.8. The van der Waals surface area contributed by atoms with Crippen LogP contribution in [0.4, 0.5) is 17.6 Å². The highest BCUT2D eigenvalue weighted by molar-refractivity contribution is 5.44. The van der Waals surface area contributed by atoms with Crippen LogP contribution in [0, 0.1) is 17.0 Å². The molecule has 2 N–H and O–H groups in total. The minimum atomic E-state index is -3.78. The molecule has 1 aliphatic heterocycles. The summed E-state index contributed by atoms with van der Waals surface area (Å²) >= 11 is 0. The predicted molar refractivity (Wildman–Crippen MR) is 119 cm³/mol. The van der Waals surface area contributed by atoms with Crippen LogP contribution in [0.3, 0.4) is 0 Å². The first-order valence-electron chi connectivity index (χ1n) is 11.8. The summed E-state index contributed by atoms with van der Waals surface area (Å²) in [6.45, 7) is -0.293. The van der Waals surface area contributed by atoms with Gasteiger partial charge in [0.25, 0.3) is 5.92 Å². The SMILES string of the molecule is OC1(COc2ccc(C34CC(C(F)(F)[C@](O)(Cn5cnnn5)c5ccc(F)cc5F)(C3)C4)cc2)COC1. The number of halogens is 4. The Morgan fingerprint density at radius 1 is 1.05 bits per heavy atom. The molecule has 1 aromatic heterocycles. The molecule has 0 spiro atoms. The smallest absolute Gasteiger partial charge is 0.287 e. The highest BCUT2D eigenvalue weighted by atomic mass is 19.3. The number of benzene rings is 2. The molecule has 7 rings (SSSR count). The van der Waals surface area contributed by atoms with Crippen LogP contribution in [0.25, 0.3) is 0 Å². The Balaban J connectivity index is 1.22. The van der Waals surface area contributed by atoms with E-state index in [4.69, 9.17) is 9.47 Å². The molecule has 0 unspecified atom stereocenters. The number of rotatable bonds is 9. The summed E-state index contributed by atoms with van der Waals surface area (Å²) in [5, 5.41) is 31.9. The Morgan fingerprint density at radius 2 is 1.76 bits per heavy atom. The topological polar surface area (TPSA) is 103 Å². The fourth-order valence-electron chi connectivity index (χ4n) is 6.07. The van der Waals surface area contributed by atoms with E-state index in [0.29, 0.717) is 11.8 Å². The molecule has 196 valence electrons. The van der Waals surface area contributed by atoms with Gasteiger partial charge in [0.15, 0.2) is 5.60 Å². The molecule has 4 aliphatic rings. The number of nitrogens with zero attached hydrogens (tertiary/aromatic N) is 4. The predicted octanol–water partition coefficient (Wildman–Crippen LogP) is 2.74. The number of alkyl halides is 2. The van der Waals surface area contributed by atoms with E-state index in [9.17, 15) is 19.0 Å². The molecular formula is C25H24F4N4O4. The second-order valence-electron chi connectivity index (χ2n) is 10.7. The molecule has 3 saturated carbocycles. The minimum Gasteiger partial charge on any atom is -0.490 e. The van der Waals surface area contributed by atoms with E-state index in [1.165, 1.54) is 0 Å². The standard InChI is InChI=1S/C25H24F4N4O4/c26-17-3-6-19(20(27)7-17)24(35,11-33-15-30-31-32-33)25(28,29)22-8-21(9-22,10-22)16-1-4-18(5-2-16)37-14-23(34)12-36-13-23/h1-7,15,34-35H,8-14H2/t21?,22?,24-/m0/s1. The van der Waals surface area contributed by atoms with Gasteiger partial charge in [0, 0.05) is 17.0 Å². The van der Waals surface area contributed by atoms with Crippen molar-refractivity contribution in [2.75, 3.05) is 19.8 Å². The second kappa shape index (κ2) is 7.95. The number of aromatic nitrogens is 4. The van der Waals surface area contributed by atoms with Gasteiger partial charge >= 0.3 is 0 Å². The highest BCUT2D eigenvalue weighted by Crippen LogP contribution is 2.80. The monoisotopic (exact) mass is 520 g/mol. The lowest BCUT2D eigenvalue weighted by molar-refractivity contribution is -0.347. The summed E-state index contributed by atoms with van der Waals surface area (Å²) in [5.41, 5.74) is -5.92. The third-order valence-electron chi connectivity index (χ3n) is 8.09. The molecule has 3 aliphatic carbocycles. The van der Waals surface area contributed by atoms with E-state index in [1.807, 2.05) is 12.1 Å². The summed E-state index contributed by atoms with van der Waals surface area (Å²) in [6.07, 6.45) is 1.31. The molecule has 2 bridgehead atoms. The van der Waals surface area contributed by atoms with Crippen LogP contribution in [0.5, 0.6) is 5.75 Å². The number of hydrogen-bond acceptors (Lipinski definition) is 7. The van der Waals surface area contributed by atoms with Gasteiger partial charge in [-0.3, -0.25) is 0 Å². The molecule has 8 nitrogen and oxygen atoms in total. The molecule has 1 atom stereocenters. The van der Waals surface area contributed by atoms with Crippen LogP contribution >= 0.6 is 0 Å². The largest absolute Gasteiger partial charge is 0.490 e. The molecule has 3 aromatic rings. The van der Waals surface area contributed by atoms with Gasteiger partial charge in [0.05, 0.1) is 19.8 Å². The molecule has 0 radical (unpaired) electrons.